The number of aromatic amines is 1. The number of nitrogens with zero attached hydrogens (tertiary/aromatic N) is 1. The third-order valence-electron chi connectivity index (χ3n) is 5.11. The average molecular weight is 531 g/mol. The summed E-state index contributed by atoms with van der Waals surface area (Å²) in [6.45, 7) is 2.10. The lowest BCUT2D eigenvalue weighted by atomic mass is 10.0. The van der Waals surface area contributed by atoms with Crippen LogP contribution in [0, 0.1) is 6.92 Å². The zero-order valence-corrected chi connectivity index (χ0v) is 19.7. The number of phosphoric acid groups is 2. The molecule has 0 bridgehead atoms. The van der Waals surface area contributed by atoms with Gasteiger partial charge in [0.1, 0.15) is 18.4 Å². The first-order valence-electron chi connectivity index (χ1n) is 10.0. The van der Waals surface area contributed by atoms with Gasteiger partial charge in [-0.1, -0.05) is 0 Å². The number of rotatable bonds is 8. The number of aliphatic hydroxyl groups is 3. The van der Waals surface area contributed by atoms with Gasteiger partial charge in [-0.15, -0.1) is 0 Å². The summed E-state index contributed by atoms with van der Waals surface area (Å²) in [6.07, 6.45) is -8.22. The Morgan fingerprint density at radius 2 is 1.88 bits per heavy atom. The minimum absolute atomic E-state index is 0.00209. The summed E-state index contributed by atoms with van der Waals surface area (Å²) < 4.78 is 48.7. The summed E-state index contributed by atoms with van der Waals surface area (Å²) >= 11 is 0. The number of hydrogen-bond donors (Lipinski definition) is 5. The Hall–Kier alpha value is -1.26. The minimum atomic E-state index is -5.59. The highest BCUT2D eigenvalue weighted by molar-refractivity contribution is 7.60. The molecule has 1 aromatic rings. The summed E-state index contributed by atoms with van der Waals surface area (Å²) in [5.74, 6) is 0. The molecule has 5 N–H and O–H groups in total. The molecule has 9 atom stereocenters. The molecule has 34 heavy (non-hydrogen) atoms. The van der Waals surface area contributed by atoms with Crippen LogP contribution in [0.5, 0.6) is 0 Å². The standard InChI is InChI=1S/C16H26N2O14P2/c1-7-5-18(16(23)17-14(7)22)12-4-9(19)11(30-12)6-28-33(24,25)32-34(26,27)31-15-13(21)10(20)3-8(2)29-15/h5,8-13,15,19-21H,3-4,6H2,1-2H3,(H,24,25)(H,26,27)(H,17,22,23)/p-1. The predicted octanol–water partition coefficient (Wildman–Crippen LogP) is -2.03. The molecule has 0 radical (unpaired) electrons. The van der Waals surface area contributed by atoms with Crippen LogP contribution in [0.3, 0.4) is 0 Å². The van der Waals surface area contributed by atoms with E-state index in [1.165, 1.54) is 20.0 Å². The van der Waals surface area contributed by atoms with Crippen molar-refractivity contribution in [1.82, 2.24) is 9.55 Å². The zero-order chi connectivity index (χ0) is 25.4. The smallest absolute Gasteiger partial charge is 0.478 e. The van der Waals surface area contributed by atoms with Crippen molar-refractivity contribution in [1.29, 1.82) is 0 Å². The highest BCUT2D eigenvalue weighted by Gasteiger charge is 2.41. The molecule has 194 valence electrons. The van der Waals surface area contributed by atoms with Gasteiger partial charge in [-0.3, -0.25) is 28.0 Å². The highest BCUT2D eigenvalue weighted by Crippen LogP contribution is 2.59. The van der Waals surface area contributed by atoms with Crippen LogP contribution < -0.4 is 16.1 Å². The van der Waals surface area contributed by atoms with E-state index in [1.807, 2.05) is 0 Å². The third-order valence-corrected chi connectivity index (χ3v) is 7.68. The normalized spacial score (nSPS) is 35.6. The molecule has 2 fully saturated rings. The first-order chi connectivity index (χ1) is 15.7. The molecule has 9 unspecified atom stereocenters. The monoisotopic (exact) mass is 531 g/mol. The van der Waals surface area contributed by atoms with Crippen molar-refractivity contribution >= 4 is 15.6 Å². The fourth-order valence-corrected chi connectivity index (χ4v) is 5.53. The van der Waals surface area contributed by atoms with Gasteiger partial charge in [0.15, 0.2) is 6.29 Å². The fraction of sp³-hybridized carbons (Fsp3) is 0.750. The van der Waals surface area contributed by atoms with Gasteiger partial charge in [0.2, 0.25) is 0 Å². The van der Waals surface area contributed by atoms with Crippen LogP contribution in [0.4, 0.5) is 0 Å². The van der Waals surface area contributed by atoms with Crippen molar-refractivity contribution in [2.75, 3.05) is 6.61 Å². The number of aliphatic hydroxyl groups excluding tert-OH is 3. The fourth-order valence-electron chi connectivity index (χ4n) is 3.41. The first kappa shape index (κ1) is 27.3. The van der Waals surface area contributed by atoms with Crippen LogP contribution in [0.25, 0.3) is 0 Å². The molecule has 0 saturated carbocycles. The Bertz CT molecular complexity index is 1090. The maximum Gasteiger partial charge on any atom is 0.478 e. The van der Waals surface area contributed by atoms with E-state index >= 15 is 0 Å². The molecule has 16 nitrogen and oxygen atoms in total. The second-order valence-corrected chi connectivity index (χ2v) is 10.9. The van der Waals surface area contributed by atoms with Crippen LogP contribution in [-0.4, -0.2) is 73.2 Å². The molecule has 0 aliphatic carbocycles. The summed E-state index contributed by atoms with van der Waals surface area (Å²) in [5, 5.41) is 29.6. The highest BCUT2D eigenvalue weighted by atomic mass is 31.3. The SMILES string of the molecule is Cc1cn(C2CC(O)C(COP(=O)(O)OP(=O)([O-])OC3OC(C)CC(O)C3O)O2)c(=O)[nH]c1=O. The van der Waals surface area contributed by atoms with E-state index in [9.17, 15) is 43.8 Å². The Morgan fingerprint density at radius 1 is 1.21 bits per heavy atom. The maximum absolute atomic E-state index is 12.1. The second kappa shape index (κ2) is 10.4. The van der Waals surface area contributed by atoms with Crippen LogP contribution in [0.15, 0.2) is 15.8 Å². The molecule has 3 rings (SSSR count). The molecule has 3 heterocycles. The summed E-state index contributed by atoms with van der Waals surface area (Å²) in [7, 11) is -10.9. The largest absolute Gasteiger partial charge is 0.756 e. The van der Waals surface area contributed by atoms with Gasteiger partial charge in [-0.25, -0.2) is 13.7 Å². The average Bonchev–Trinajstić information content (AvgIpc) is 3.06. The van der Waals surface area contributed by atoms with Gasteiger partial charge in [0.25, 0.3) is 13.4 Å². The summed E-state index contributed by atoms with van der Waals surface area (Å²) in [4.78, 5) is 47.3. The number of ether oxygens (including phenoxy) is 2. The van der Waals surface area contributed by atoms with E-state index in [0.717, 1.165) is 4.57 Å². The Kier molecular flexibility index (Phi) is 8.35. The first-order valence-corrected chi connectivity index (χ1v) is 13.0. The van der Waals surface area contributed by atoms with Gasteiger partial charge in [0.05, 0.1) is 24.9 Å². The quantitative estimate of drug-likeness (QED) is 0.227. The van der Waals surface area contributed by atoms with E-state index in [2.05, 4.69) is 18.3 Å². The molecule has 0 aromatic carbocycles. The molecule has 2 aliphatic heterocycles. The van der Waals surface area contributed by atoms with E-state index in [4.69, 9.17) is 9.47 Å². The molecule has 2 aliphatic rings. The predicted molar refractivity (Wildman–Crippen MR) is 107 cm³/mol. The van der Waals surface area contributed by atoms with Gasteiger partial charge in [-0.2, -0.15) is 0 Å². The van der Waals surface area contributed by atoms with Crippen molar-refractivity contribution in [2.24, 2.45) is 0 Å². The van der Waals surface area contributed by atoms with E-state index in [0.29, 0.717) is 0 Å². The lowest BCUT2D eigenvalue weighted by Gasteiger charge is -2.38. The molecule has 0 amide bonds. The summed E-state index contributed by atoms with van der Waals surface area (Å²) in [6, 6.07) is 0. The minimum Gasteiger partial charge on any atom is -0.756 e. The third kappa shape index (κ3) is 6.69. The van der Waals surface area contributed by atoms with Crippen LogP contribution in [0.2, 0.25) is 0 Å². The van der Waals surface area contributed by atoms with E-state index < -0.39 is 76.5 Å². The van der Waals surface area contributed by atoms with Gasteiger partial charge in [0, 0.05) is 24.6 Å². The Morgan fingerprint density at radius 3 is 2.56 bits per heavy atom. The van der Waals surface area contributed by atoms with Crippen LogP contribution in [-0.2, 0) is 32.0 Å². The molecule has 18 heteroatoms. The Labute approximate surface area is 191 Å². The van der Waals surface area contributed by atoms with Crippen molar-refractivity contribution < 1.29 is 57.1 Å². The van der Waals surface area contributed by atoms with Gasteiger partial charge < -0.3 is 34.6 Å². The van der Waals surface area contributed by atoms with Crippen LogP contribution in [0.1, 0.15) is 31.6 Å². The van der Waals surface area contributed by atoms with Gasteiger partial charge >= 0.3 is 13.5 Å². The van der Waals surface area contributed by atoms with Crippen molar-refractivity contribution in [2.45, 2.75) is 69.7 Å². The van der Waals surface area contributed by atoms with Crippen LogP contribution >= 0.6 is 15.6 Å². The number of aryl methyl sites for hydroxylation is 1. The molecular formula is C16H25N2O14P2-. The van der Waals surface area contributed by atoms with E-state index in [-0.39, 0.29) is 18.4 Å². The zero-order valence-electron chi connectivity index (χ0n) is 18.0. The number of phosphoric ester groups is 2. The molecular weight excluding hydrogens is 506 g/mol. The Balaban J connectivity index is 1.58. The van der Waals surface area contributed by atoms with E-state index in [1.54, 1.807) is 0 Å². The lowest BCUT2D eigenvalue weighted by molar-refractivity contribution is -0.276. The number of hydrogen-bond acceptors (Lipinski definition) is 13. The number of H-pyrrole nitrogens is 1. The van der Waals surface area contributed by atoms with Crippen molar-refractivity contribution in [3.05, 3.63) is 32.6 Å². The topological polar surface area (TPSA) is 239 Å². The molecule has 1 aromatic heterocycles. The number of aromatic nitrogens is 2. The maximum atomic E-state index is 12.1. The van der Waals surface area contributed by atoms with Gasteiger partial charge in [-0.05, 0) is 13.8 Å². The second-order valence-electron chi connectivity index (χ2n) is 7.92. The molecule has 2 saturated heterocycles. The number of nitrogens with one attached hydrogen (secondary N) is 1. The van der Waals surface area contributed by atoms with Crippen molar-refractivity contribution in [3.8, 4) is 0 Å². The summed E-state index contributed by atoms with van der Waals surface area (Å²) in [5.41, 5.74) is -1.20. The van der Waals surface area contributed by atoms with Crippen molar-refractivity contribution in [3.63, 3.8) is 0 Å². The lowest BCUT2D eigenvalue weighted by Crippen LogP contribution is -2.48. The molecule has 0 spiro atoms.